The molecule has 3 aliphatic rings. The van der Waals surface area contributed by atoms with Crippen molar-refractivity contribution in [3.63, 3.8) is 0 Å². The first kappa shape index (κ1) is 23.6. The molecule has 3 aliphatic heterocycles. The average Bonchev–Trinajstić information content (AvgIpc) is 3.26. The molecule has 0 aliphatic carbocycles. The van der Waals surface area contributed by atoms with E-state index in [1.165, 1.54) is 31.5 Å². The summed E-state index contributed by atoms with van der Waals surface area (Å²) in [6.07, 6.45) is 5.69. The van der Waals surface area contributed by atoms with Crippen LogP contribution in [0.2, 0.25) is 0 Å². The fourth-order valence-electron chi connectivity index (χ4n) is 5.09. The van der Waals surface area contributed by atoms with Crippen molar-refractivity contribution in [3.8, 4) is 5.75 Å². The van der Waals surface area contributed by atoms with Crippen molar-refractivity contribution in [2.45, 2.75) is 63.1 Å². The number of nitrogens with one attached hydrogen (secondary N) is 2. The maximum atomic E-state index is 6.18. The Morgan fingerprint density at radius 2 is 1.87 bits per heavy atom. The number of halogens is 1. The summed E-state index contributed by atoms with van der Waals surface area (Å²) in [4.78, 5) is 7.23. The highest BCUT2D eigenvalue weighted by molar-refractivity contribution is 14.0. The molecular weight excluding hydrogens is 491 g/mol. The van der Waals surface area contributed by atoms with Gasteiger partial charge in [0.25, 0.3) is 0 Å². The smallest absolute Gasteiger partial charge is 0.191 e. The summed E-state index contributed by atoms with van der Waals surface area (Å²) >= 11 is 0. The Labute approximate surface area is 198 Å². The highest BCUT2D eigenvalue weighted by Crippen LogP contribution is 2.39. The fraction of sp³-hybridized carbons (Fsp3) is 0.696. The van der Waals surface area contributed by atoms with Gasteiger partial charge in [-0.25, -0.2) is 0 Å². The summed E-state index contributed by atoms with van der Waals surface area (Å²) in [6.45, 7) is 9.32. The Morgan fingerprint density at radius 1 is 1.17 bits per heavy atom. The Morgan fingerprint density at radius 3 is 2.57 bits per heavy atom. The Balaban J connectivity index is 0.00000256. The molecular formula is C23H37IN4O2. The van der Waals surface area contributed by atoms with Crippen LogP contribution in [0.4, 0.5) is 0 Å². The largest absolute Gasteiger partial charge is 0.487 e. The fourth-order valence-corrected chi connectivity index (χ4v) is 5.09. The predicted molar refractivity (Wildman–Crippen MR) is 132 cm³/mol. The molecule has 0 spiro atoms. The minimum absolute atomic E-state index is 0. The van der Waals surface area contributed by atoms with Crippen molar-refractivity contribution in [1.29, 1.82) is 0 Å². The molecule has 2 fully saturated rings. The number of likely N-dealkylation sites (tertiary alicyclic amines) is 1. The van der Waals surface area contributed by atoms with Gasteiger partial charge in [-0.1, -0.05) is 18.2 Å². The summed E-state index contributed by atoms with van der Waals surface area (Å²) in [5.41, 5.74) is 1.18. The van der Waals surface area contributed by atoms with Gasteiger partial charge < -0.3 is 20.1 Å². The number of para-hydroxylation sites is 1. The molecule has 1 aromatic carbocycles. The standard InChI is InChI=1S/C23H36N4O2.HI/c1-22(2)16-19(18-8-4-5-9-20(18)29-22)26-21(24-3)25-17-23(10-14-28-15-11-23)27-12-6-7-13-27;/h4-5,8-9,19H,6-7,10-17H2,1-3H3,(H2,24,25,26);1H. The molecule has 3 heterocycles. The molecule has 30 heavy (non-hydrogen) atoms. The molecule has 0 bridgehead atoms. The SMILES string of the molecule is CN=C(NCC1(N2CCCC2)CCOCC1)NC1CC(C)(C)Oc2ccccc21.I. The molecule has 7 heteroatoms. The van der Waals surface area contributed by atoms with Crippen molar-refractivity contribution < 1.29 is 9.47 Å². The third-order valence-corrected chi connectivity index (χ3v) is 6.70. The molecule has 0 aromatic heterocycles. The molecule has 2 saturated heterocycles. The molecule has 6 nitrogen and oxygen atoms in total. The zero-order chi connectivity index (χ0) is 20.3. The minimum Gasteiger partial charge on any atom is -0.487 e. The van der Waals surface area contributed by atoms with Crippen LogP contribution < -0.4 is 15.4 Å². The van der Waals surface area contributed by atoms with E-state index in [4.69, 9.17) is 9.47 Å². The van der Waals surface area contributed by atoms with Gasteiger partial charge in [-0.05, 0) is 58.7 Å². The van der Waals surface area contributed by atoms with E-state index in [0.29, 0.717) is 0 Å². The van der Waals surface area contributed by atoms with E-state index in [9.17, 15) is 0 Å². The lowest BCUT2D eigenvalue weighted by Crippen LogP contribution is -2.59. The first-order chi connectivity index (χ1) is 14.0. The zero-order valence-corrected chi connectivity index (χ0v) is 20.9. The van der Waals surface area contributed by atoms with Crippen LogP contribution in [-0.2, 0) is 4.74 Å². The second-order valence-electron chi connectivity index (χ2n) is 9.26. The number of hydrogen-bond acceptors (Lipinski definition) is 4. The van der Waals surface area contributed by atoms with E-state index < -0.39 is 0 Å². The van der Waals surface area contributed by atoms with E-state index in [-0.39, 0.29) is 41.2 Å². The Kier molecular flexibility index (Phi) is 7.90. The summed E-state index contributed by atoms with van der Waals surface area (Å²) in [5.74, 6) is 1.84. The summed E-state index contributed by atoms with van der Waals surface area (Å²) in [5, 5.41) is 7.34. The molecule has 2 N–H and O–H groups in total. The minimum atomic E-state index is -0.206. The second kappa shape index (κ2) is 10.0. The average molecular weight is 528 g/mol. The number of hydrogen-bond donors (Lipinski definition) is 2. The molecule has 1 unspecified atom stereocenters. The Hall–Kier alpha value is -1.06. The van der Waals surface area contributed by atoms with Gasteiger partial charge in [-0.15, -0.1) is 24.0 Å². The van der Waals surface area contributed by atoms with E-state index >= 15 is 0 Å². The Bertz CT molecular complexity index is 728. The quantitative estimate of drug-likeness (QED) is 0.355. The lowest BCUT2D eigenvalue weighted by Gasteiger charge is -2.45. The lowest BCUT2D eigenvalue weighted by molar-refractivity contribution is -0.0164. The van der Waals surface area contributed by atoms with Crippen molar-refractivity contribution >= 4 is 29.9 Å². The normalized spacial score (nSPS) is 25.6. The predicted octanol–water partition coefficient (Wildman–Crippen LogP) is 3.72. The summed E-state index contributed by atoms with van der Waals surface area (Å²) in [6, 6.07) is 8.51. The topological polar surface area (TPSA) is 58.1 Å². The number of guanidine groups is 1. The van der Waals surface area contributed by atoms with Crippen LogP contribution in [0.25, 0.3) is 0 Å². The number of nitrogens with zero attached hydrogens (tertiary/aromatic N) is 2. The number of ether oxygens (including phenoxy) is 2. The molecule has 0 radical (unpaired) electrons. The van der Waals surface area contributed by atoms with Gasteiger partial charge in [-0.2, -0.15) is 0 Å². The van der Waals surface area contributed by atoms with Gasteiger partial charge in [0, 0.05) is 44.3 Å². The first-order valence-corrected chi connectivity index (χ1v) is 11.1. The van der Waals surface area contributed by atoms with Crippen molar-refractivity contribution in [2.75, 3.05) is 39.9 Å². The zero-order valence-electron chi connectivity index (χ0n) is 18.6. The van der Waals surface area contributed by atoms with Crippen LogP contribution in [0, 0.1) is 0 Å². The second-order valence-corrected chi connectivity index (χ2v) is 9.26. The maximum Gasteiger partial charge on any atom is 0.191 e. The van der Waals surface area contributed by atoms with Crippen molar-refractivity contribution in [2.24, 2.45) is 4.99 Å². The van der Waals surface area contributed by atoms with Crippen LogP contribution in [-0.4, -0.2) is 61.9 Å². The van der Waals surface area contributed by atoms with Gasteiger partial charge in [-0.3, -0.25) is 9.89 Å². The lowest BCUT2D eigenvalue weighted by atomic mass is 9.88. The van der Waals surface area contributed by atoms with Gasteiger partial charge in [0.1, 0.15) is 11.4 Å². The maximum absolute atomic E-state index is 6.18. The summed E-state index contributed by atoms with van der Waals surface area (Å²) < 4.78 is 11.9. The molecule has 0 saturated carbocycles. The third kappa shape index (κ3) is 5.22. The van der Waals surface area contributed by atoms with Gasteiger partial charge in [0.2, 0.25) is 0 Å². The molecule has 168 valence electrons. The number of benzene rings is 1. The molecule has 0 amide bonds. The number of aliphatic imine (C=N–C) groups is 1. The number of fused-ring (bicyclic) bond motifs is 1. The van der Waals surface area contributed by atoms with Gasteiger partial charge >= 0.3 is 0 Å². The molecule has 4 rings (SSSR count). The highest BCUT2D eigenvalue weighted by Gasteiger charge is 2.40. The molecule has 1 atom stereocenters. The van der Waals surface area contributed by atoms with Crippen LogP contribution in [0.15, 0.2) is 29.3 Å². The van der Waals surface area contributed by atoms with Crippen LogP contribution >= 0.6 is 24.0 Å². The van der Waals surface area contributed by atoms with Gasteiger partial charge in [0.05, 0.1) is 6.04 Å². The van der Waals surface area contributed by atoms with Crippen LogP contribution in [0.1, 0.15) is 57.6 Å². The summed E-state index contributed by atoms with van der Waals surface area (Å²) in [7, 11) is 1.86. The first-order valence-electron chi connectivity index (χ1n) is 11.1. The van der Waals surface area contributed by atoms with E-state index in [2.05, 4.69) is 52.6 Å². The van der Waals surface area contributed by atoms with Gasteiger partial charge in [0.15, 0.2) is 5.96 Å². The van der Waals surface area contributed by atoms with E-state index in [1.807, 2.05) is 13.1 Å². The van der Waals surface area contributed by atoms with Crippen molar-refractivity contribution in [1.82, 2.24) is 15.5 Å². The van der Waals surface area contributed by atoms with E-state index in [0.717, 1.165) is 50.7 Å². The van der Waals surface area contributed by atoms with E-state index in [1.54, 1.807) is 0 Å². The number of rotatable bonds is 4. The monoisotopic (exact) mass is 528 g/mol. The van der Waals surface area contributed by atoms with Crippen LogP contribution in [0.3, 0.4) is 0 Å². The molecule has 1 aromatic rings. The third-order valence-electron chi connectivity index (χ3n) is 6.70. The van der Waals surface area contributed by atoms with Crippen LogP contribution in [0.5, 0.6) is 5.75 Å². The van der Waals surface area contributed by atoms with Crippen molar-refractivity contribution in [3.05, 3.63) is 29.8 Å². The highest BCUT2D eigenvalue weighted by atomic mass is 127.